The van der Waals surface area contributed by atoms with Gasteiger partial charge in [0.25, 0.3) is 5.91 Å². The Morgan fingerprint density at radius 1 is 1.40 bits per heavy atom. The predicted molar refractivity (Wildman–Crippen MR) is 79.8 cm³/mol. The van der Waals surface area contributed by atoms with Gasteiger partial charge in [0.05, 0.1) is 5.02 Å². The van der Waals surface area contributed by atoms with Crippen LogP contribution in [0.1, 0.15) is 29.4 Å². The highest BCUT2D eigenvalue weighted by atomic mass is 79.9. The summed E-state index contributed by atoms with van der Waals surface area (Å²) in [5, 5.41) is 2.72. The number of aromatic nitrogens is 1. The maximum atomic E-state index is 13.4. The van der Waals surface area contributed by atoms with Crippen LogP contribution in [-0.4, -0.2) is 10.5 Å². The highest BCUT2D eigenvalue weighted by molar-refractivity contribution is 9.10. The summed E-state index contributed by atoms with van der Waals surface area (Å²) in [4.78, 5) is 12.3. The van der Waals surface area contributed by atoms with Gasteiger partial charge in [-0.05, 0) is 53.0 Å². The van der Waals surface area contributed by atoms with E-state index in [1.54, 1.807) is 12.1 Å². The Morgan fingerprint density at radius 3 is 2.80 bits per heavy atom. The number of nitrogens with one attached hydrogen (secondary N) is 1. The Labute approximate surface area is 128 Å². The number of anilines is 1. The van der Waals surface area contributed by atoms with Crippen LogP contribution in [-0.2, 0) is 0 Å². The van der Waals surface area contributed by atoms with Crippen molar-refractivity contribution in [2.45, 2.75) is 18.9 Å². The predicted octanol–water partition coefficient (Wildman–Crippen LogP) is 4.63. The molecule has 1 saturated carbocycles. The van der Waals surface area contributed by atoms with Crippen LogP contribution >= 0.6 is 27.5 Å². The molecule has 1 aromatic heterocycles. The van der Waals surface area contributed by atoms with Gasteiger partial charge >= 0.3 is 0 Å². The fourth-order valence-corrected chi connectivity index (χ4v) is 2.61. The van der Waals surface area contributed by atoms with E-state index in [1.165, 1.54) is 12.1 Å². The van der Waals surface area contributed by atoms with Crippen molar-refractivity contribution in [2.24, 2.45) is 0 Å². The number of halogens is 3. The Kier molecular flexibility index (Phi) is 3.56. The summed E-state index contributed by atoms with van der Waals surface area (Å²) in [6.07, 6.45) is 4.06. The van der Waals surface area contributed by atoms with Crippen molar-refractivity contribution in [3.8, 4) is 0 Å². The highest BCUT2D eigenvalue weighted by Gasteiger charge is 2.27. The largest absolute Gasteiger partial charge is 0.339 e. The van der Waals surface area contributed by atoms with Crippen molar-refractivity contribution in [2.75, 3.05) is 5.32 Å². The van der Waals surface area contributed by atoms with E-state index < -0.39 is 5.82 Å². The van der Waals surface area contributed by atoms with E-state index in [0.717, 1.165) is 17.3 Å². The summed E-state index contributed by atoms with van der Waals surface area (Å²) in [5.74, 6) is -0.812. The first-order valence-corrected chi connectivity index (χ1v) is 7.35. The van der Waals surface area contributed by atoms with Crippen molar-refractivity contribution in [1.29, 1.82) is 0 Å². The van der Waals surface area contributed by atoms with Gasteiger partial charge in [0.1, 0.15) is 11.5 Å². The molecule has 1 amide bonds. The minimum Gasteiger partial charge on any atom is -0.339 e. The highest BCUT2D eigenvalue weighted by Crippen LogP contribution is 2.37. The van der Waals surface area contributed by atoms with Crippen LogP contribution in [0.5, 0.6) is 0 Å². The summed E-state index contributed by atoms with van der Waals surface area (Å²) in [5.41, 5.74) is 0.950. The van der Waals surface area contributed by atoms with Gasteiger partial charge in [-0.3, -0.25) is 4.79 Å². The SMILES string of the molecule is O=C(Nc1ccc(Cl)c(F)c1)c1cc(Br)cn1C1CC1. The van der Waals surface area contributed by atoms with Crippen molar-refractivity contribution >= 4 is 39.1 Å². The van der Waals surface area contributed by atoms with Gasteiger partial charge in [-0.15, -0.1) is 0 Å². The average Bonchev–Trinajstić information content (AvgIpc) is 3.17. The van der Waals surface area contributed by atoms with Crippen molar-refractivity contribution in [1.82, 2.24) is 4.57 Å². The zero-order valence-corrected chi connectivity index (χ0v) is 12.7. The maximum Gasteiger partial charge on any atom is 0.272 e. The molecule has 3 rings (SSSR count). The third-order valence-electron chi connectivity index (χ3n) is 3.17. The lowest BCUT2D eigenvalue weighted by molar-refractivity contribution is 0.101. The molecule has 0 atom stereocenters. The van der Waals surface area contributed by atoms with Gasteiger partial charge in [-0.25, -0.2) is 4.39 Å². The molecule has 3 nitrogen and oxygen atoms in total. The van der Waals surface area contributed by atoms with E-state index >= 15 is 0 Å². The number of hydrogen-bond donors (Lipinski definition) is 1. The smallest absolute Gasteiger partial charge is 0.272 e. The van der Waals surface area contributed by atoms with Crippen LogP contribution in [0.3, 0.4) is 0 Å². The molecular weight excluding hydrogens is 347 g/mol. The average molecular weight is 358 g/mol. The van der Waals surface area contributed by atoms with Gasteiger partial charge in [-0.2, -0.15) is 0 Å². The van der Waals surface area contributed by atoms with Crippen molar-refractivity contribution in [3.63, 3.8) is 0 Å². The second-order valence-corrected chi connectivity index (χ2v) is 6.09. The van der Waals surface area contributed by atoms with Crippen LogP contribution in [0.25, 0.3) is 0 Å². The fourth-order valence-electron chi connectivity index (χ4n) is 2.05. The van der Waals surface area contributed by atoms with E-state index in [4.69, 9.17) is 11.6 Å². The summed E-state index contributed by atoms with van der Waals surface area (Å²) in [6, 6.07) is 6.36. The zero-order chi connectivity index (χ0) is 14.3. The van der Waals surface area contributed by atoms with E-state index in [-0.39, 0.29) is 10.9 Å². The van der Waals surface area contributed by atoms with Crippen LogP contribution in [0, 0.1) is 5.82 Å². The minimum absolute atomic E-state index is 0.0344. The second kappa shape index (κ2) is 5.22. The first kappa shape index (κ1) is 13.6. The van der Waals surface area contributed by atoms with Crippen molar-refractivity contribution in [3.05, 3.63) is 51.5 Å². The van der Waals surface area contributed by atoms with Crippen LogP contribution in [0.2, 0.25) is 5.02 Å². The molecule has 2 aromatic rings. The Balaban J connectivity index is 1.84. The molecule has 1 heterocycles. The number of nitrogens with zero attached hydrogens (tertiary/aromatic N) is 1. The molecule has 0 aliphatic heterocycles. The maximum absolute atomic E-state index is 13.4. The molecule has 0 saturated heterocycles. The summed E-state index contributed by atoms with van der Waals surface area (Å²) in [6.45, 7) is 0. The minimum atomic E-state index is -0.553. The first-order chi connectivity index (χ1) is 9.54. The van der Waals surface area contributed by atoms with E-state index in [1.807, 2.05) is 10.8 Å². The molecule has 1 N–H and O–H groups in total. The fraction of sp³-hybridized carbons (Fsp3) is 0.214. The van der Waals surface area contributed by atoms with Gasteiger partial charge in [-0.1, -0.05) is 11.6 Å². The van der Waals surface area contributed by atoms with Gasteiger partial charge in [0, 0.05) is 22.4 Å². The molecule has 1 fully saturated rings. The molecule has 0 radical (unpaired) electrons. The summed E-state index contributed by atoms with van der Waals surface area (Å²) < 4.78 is 16.2. The molecule has 0 bridgehead atoms. The van der Waals surface area contributed by atoms with E-state index in [9.17, 15) is 9.18 Å². The molecule has 1 aliphatic rings. The van der Waals surface area contributed by atoms with E-state index in [2.05, 4.69) is 21.2 Å². The molecule has 6 heteroatoms. The monoisotopic (exact) mass is 356 g/mol. The normalized spacial score (nSPS) is 14.3. The molecule has 0 unspecified atom stereocenters. The van der Waals surface area contributed by atoms with Gasteiger partial charge in [0.15, 0.2) is 0 Å². The Bertz CT molecular complexity index is 682. The van der Waals surface area contributed by atoms with Crippen LogP contribution in [0.15, 0.2) is 34.9 Å². The van der Waals surface area contributed by atoms with Crippen LogP contribution in [0.4, 0.5) is 10.1 Å². The van der Waals surface area contributed by atoms with E-state index in [0.29, 0.717) is 17.4 Å². The first-order valence-electron chi connectivity index (χ1n) is 6.18. The number of amides is 1. The molecule has 104 valence electrons. The molecule has 1 aliphatic carbocycles. The van der Waals surface area contributed by atoms with Crippen molar-refractivity contribution < 1.29 is 9.18 Å². The molecule has 20 heavy (non-hydrogen) atoms. The lowest BCUT2D eigenvalue weighted by Gasteiger charge is -2.09. The Hall–Kier alpha value is -1.33. The lowest BCUT2D eigenvalue weighted by atomic mass is 10.3. The molecule has 0 spiro atoms. The Morgan fingerprint density at radius 2 is 2.15 bits per heavy atom. The molecule has 1 aromatic carbocycles. The number of benzene rings is 1. The summed E-state index contributed by atoms with van der Waals surface area (Å²) >= 11 is 8.99. The third kappa shape index (κ3) is 2.74. The number of rotatable bonds is 3. The zero-order valence-electron chi connectivity index (χ0n) is 10.4. The topological polar surface area (TPSA) is 34.0 Å². The number of hydrogen-bond acceptors (Lipinski definition) is 1. The lowest BCUT2D eigenvalue weighted by Crippen LogP contribution is -2.16. The van der Waals surface area contributed by atoms with Gasteiger partial charge in [0.2, 0.25) is 0 Å². The third-order valence-corrected chi connectivity index (χ3v) is 3.91. The molecular formula is C14H11BrClFN2O. The standard InChI is InChI=1S/C14H11BrClFN2O/c15-8-5-13(19(7-8)10-2-3-10)14(20)18-9-1-4-11(16)12(17)6-9/h1,4-7,10H,2-3H2,(H,18,20). The van der Waals surface area contributed by atoms with Crippen LogP contribution < -0.4 is 5.32 Å². The quantitative estimate of drug-likeness (QED) is 0.854. The number of carbonyl (C=O) groups excluding carboxylic acids is 1. The second-order valence-electron chi connectivity index (χ2n) is 4.77. The van der Waals surface area contributed by atoms with Gasteiger partial charge < -0.3 is 9.88 Å². The number of carbonyl (C=O) groups is 1. The summed E-state index contributed by atoms with van der Waals surface area (Å²) in [7, 11) is 0.